The van der Waals surface area contributed by atoms with E-state index < -0.39 is 0 Å². The molecule has 0 spiro atoms. The van der Waals surface area contributed by atoms with E-state index in [0.717, 1.165) is 16.3 Å². The van der Waals surface area contributed by atoms with Crippen LogP contribution in [0.15, 0.2) is 29.6 Å². The second kappa shape index (κ2) is 5.38. The molecule has 1 heterocycles. The molecule has 0 saturated carbocycles. The van der Waals surface area contributed by atoms with Crippen LogP contribution < -0.4 is 0 Å². The van der Waals surface area contributed by atoms with Crippen molar-refractivity contribution in [1.82, 2.24) is 4.98 Å². The summed E-state index contributed by atoms with van der Waals surface area (Å²) in [6.07, 6.45) is 0.651. The summed E-state index contributed by atoms with van der Waals surface area (Å²) in [5.74, 6) is -0.354. The zero-order chi connectivity index (χ0) is 12.3. The van der Waals surface area contributed by atoms with E-state index in [9.17, 15) is 9.50 Å². The van der Waals surface area contributed by atoms with Gasteiger partial charge in [-0.1, -0.05) is 12.1 Å². The maximum Gasteiger partial charge on any atom is 0.123 e. The van der Waals surface area contributed by atoms with Crippen LogP contribution in [0.1, 0.15) is 22.2 Å². The van der Waals surface area contributed by atoms with Crippen molar-refractivity contribution >= 4 is 11.3 Å². The number of aromatic nitrogens is 1. The standard InChI is InChI=1S/C13H14FNOS/c1-9-8-17-13(15-9)6-11(7-16)10-3-2-4-12(14)5-10/h2-5,8,11,16H,6-7H2,1H3. The molecular formula is C13H14FNOS. The van der Waals surface area contributed by atoms with Crippen LogP contribution in [0.2, 0.25) is 0 Å². The van der Waals surface area contributed by atoms with Crippen LogP contribution in [0.4, 0.5) is 4.39 Å². The number of aryl methyl sites for hydroxylation is 1. The lowest BCUT2D eigenvalue weighted by atomic mass is 9.97. The first-order valence-electron chi connectivity index (χ1n) is 5.46. The predicted octanol–water partition coefficient (Wildman–Crippen LogP) is 2.91. The van der Waals surface area contributed by atoms with Crippen LogP contribution in [-0.4, -0.2) is 16.7 Å². The Morgan fingerprint density at radius 1 is 1.47 bits per heavy atom. The molecule has 17 heavy (non-hydrogen) atoms. The van der Waals surface area contributed by atoms with Gasteiger partial charge in [0.05, 0.1) is 11.6 Å². The summed E-state index contributed by atoms with van der Waals surface area (Å²) in [4.78, 5) is 4.36. The highest BCUT2D eigenvalue weighted by atomic mass is 32.1. The highest BCUT2D eigenvalue weighted by molar-refractivity contribution is 7.09. The fraction of sp³-hybridized carbons (Fsp3) is 0.308. The van der Waals surface area contributed by atoms with E-state index in [1.807, 2.05) is 18.4 Å². The number of thiazole rings is 1. The molecule has 0 radical (unpaired) electrons. The molecule has 0 bridgehead atoms. The van der Waals surface area contributed by atoms with E-state index in [1.165, 1.54) is 12.1 Å². The van der Waals surface area contributed by atoms with Gasteiger partial charge < -0.3 is 5.11 Å². The molecule has 90 valence electrons. The van der Waals surface area contributed by atoms with E-state index in [2.05, 4.69) is 4.98 Å². The second-order valence-electron chi connectivity index (χ2n) is 4.02. The number of nitrogens with zero attached hydrogens (tertiary/aromatic N) is 1. The Morgan fingerprint density at radius 2 is 2.29 bits per heavy atom. The molecule has 2 nitrogen and oxygen atoms in total. The Kier molecular flexibility index (Phi) is 3.86. The third-order valence-electron chi connectivity index (χ3n) is 2.63. The lowest BCUT2D eigenvalue weighted by Crippen LogP contribution is -2.08. The van der Waals surface area contributed by atoms with E-state index in [-0.39, 0.29) is 18.3 Å². The van der Waals surface area contributed by atoms with Crippen LogP contribution in [0.5, 0.6) is 0 Å². The number of hydrogen-bond donors (Lipinski definition) is 1. The van der Waals surface area contributed by atoms with E-state index in [1.54, 1.807) is 17.4 Å². The van der Waals surface area contributed by atoms with Crippen molar-refractivity contribution in [3.05, 3.63) is 51.7 Å². The number of hydrogen-bond acceptors (Lipinski definition) is 3. The minimum Gasteiger partial charge on any atom is -0.396 e. The Hall–Kier alpha value is -1.26. The number of benzene rings is 1. The molecule has 2 rings (SSSR count). The fourth-order valence-electron chi connectivity index (χ4n) is 1.76. The first kappa shape index (κ1) is 12.2. The summed E-state index contributed by atoms with van der Waals surface area (Å²) in [6, 6.07) is 6.39. The van der Waals surface area contributed by atoms with Crippen LogP contribution in [-0.2, 0) is 6.42 Å². The molecule has 1 unspecified atom stereocenters. The summed E-state index contributed by atoms with van der Waals surface area (Å²) in [5, 5.41) is 12.4. The Balaban J connectivity index is 2.16. The average molecular weight is 251 g/mol. The lowest BCUT2D eigenvalue weighted by molar-refractivity contribution is 0.264. The smallest absolute Gasteiger partial charge is 0.123 e. The van der Waals surface area contributed by atoms with Crippen molar-refractivity contribution in [2.24, 2.45) is 0 Å². The molecule has 1 aromatic carbocycles. The summed E-state index contributed by atoms with van der Waals surface area (Å²) in [6.45, 7) is 1.94. The van der Waals surface area contributed by atoms with Crippen molar-refractivity contribution in [3.63, 3.8) is 0 Å². The largest absolute Gasteiger partial charge is 0.396 e. The van der Waals surface area contributed by atoms with Crippen LogP contribution in [0, 0.1) is 12.7 Å². The number of aliphatic hydroxyl groups excluding tert-OH is 1. The first-order valence-corrected chi connectivity index (χ1v) is 6.34. The molecule has 0 saturated heterocycles. The predicted molar refractivity (Wildman–Crippen MR) is 66.8 cm³/mol. The van der Waals surface area contributed by atoms with Gasteiger partial charge in [-0.25, -0.2) is 9.37 Å². The normalized spacial score (nSPS) is 12.6. The van der Waals surface area contributed by atoms with E-state index in [4.69, 9.17) is 0 Å². The highest BCUT2D eigenvalue weighted by Crippen LogP contribution is 2.23. The van der Waals surface area contributed by atoms with Gasteiger partial charge in [0.1, 0.15) is 5.82 Å². The van der Waals surface area contributed by atoms with Gasteiger partial charge in [-0.15, -0.1) is 11.3 Å². The minimum absolute atomic E-state index is 0.00206. The zero-order valence-corrected chi connectivity index (χ0v) is 10.4. The lowest BCUT2D eigenvalue weighted by Gasteiger charge is -2.12. The average Bonchev–Trinajstić information content (AvgIpc) is 2.72. The molecule has 0 aliphatic rings. The molecule has 0 fully saturated rings. The van der Waals surface area contributed by atoms with E-state index in [0.29, 0.717) is 6.42 Å². The van der Waals surface area contributed by atoms with Crippen molar-refractivity contribution in [2.45, 2.75) is 19.3 Å². The van der Waals surface area contributed by atoms with Crippen LogP contribution in [0.25, 0.3) is 0 Å². The third-order valence-corrected chi connectivity index (χ3v) is 3.62. The van der Waals surface area contributed by atoms with Gasteiger partial charge in [0.15, 0.2) is 0 Å². The summed E-state index contributed by atoms with van der Waals surface area (Å²) in [5.41, 5.74) is 1.81. The van der Waals surface area contributed by atoms with Crippen molar-refractivity contribution in [2.75, 3.05) is 6.61 Å². The maximum atomic E-state index is 13.1. The van der Waals surface area contributed by atoms with Crippen molar-refractivity contribution in [3.8, 4) is 0 Å². The van der Waals surface area contributed by atoms with Gasteiger partial charge in [0.2, 0.25) is 0 Å². The fourth-order valence-corrected chi connectivity index (χ4v) is 2.61. The molecule has 0 aliphatic carbocycles. The Bertz CT molecular complexity index is 498. The summed E-state index contributed by atoms with van der Waals surface area (Å²) >= 11 is 1.58. The monoisotopic (exact) mass is 251 g/mol. The molecular weight excluding hydrogens is 237 g/mol. The minimum atomic E-state index is -0.267. The van der Waals surface area contributed by atoms with Gasteiger partial charge in [-0.2, -0.15) is 0 Å². The topological polar surface area (TPSA) is 33.1 Å². The van der Waals surface area contributed by atoms with Crippen molar-refractivity contribution in [1.29, 1.82) is 0 Å². The third kappa shape index (κ3) is 3.11. The molecule has 1 atom stereocenters. The maximum absolute atomic E-state index is 13.1. The molecule has 1 N–H and O–H groups in total. The van der Waals surface area contributed by atoms with Gasteiger partial charge in [-0.3, -0.25) is 0 Å². The Labute approximate surface area is 104 Å². The zero-order valence-electron chi connectivity index (χ0n) is 9.56. The van der Waals surface area contributed by atoms with Gasteiger partial charge in [0.25, 0.3) is 0 Å². The van der Waals surface area contributed by atoms with E-state index >= 15 is 0 Å². The van der Waals surface area contributed by atoms with Crippen LogP contribution in [0.3, 0.4) is 0 Å². The van der Waals surface area contributed by atoms with Gasteiger partial charge in [-0.05, 0) is 24.6 Å². The molecule has 0 amide bonds. The first-order chi connectivity index (χ1) is 8.19. The SMILES string of the molecule is Cc1csc(CC(CO)c2cccc(F)c2)n1. The number of halogens is 1. The molecule has 1 aromatic heterocycles. The Morgan fingerprint density at radius 3 is 2.88 bits per heavy atom. The summed E-state index contributed by atoms with van der Waals surface area (Å²) in [7, 11) is 0. The molecule has 4 heteroatoms. The molecule has 2 aromatic rings. The van der Waals surface area contributed by atoms with Gasteiger partial charge >= 0.3 is 0 Å². The second-order valence-corrected chi connectivity index (χ2v) is 4.96. The highest BCUT2D eigenvalue weighted by Gasteiger charge is 2.13. The van der Waals surface area contributed by atoms with Crippen LogP contribution >= 0.6 is 11.3 Å². The number of rotatable bonds is 4. The summed E-state index contributed by atoms with van der Waals surface area (Å²) < 4.78 is 13.1. The van der Waals surface area contributed by atoms with Crippen molar-refractivity contribution < 1.29 is 9.50 Å². The number of aliphatic hydroxyl groups is 1. The van der Waals surface area contributed by atoms with Gasteiger partial charge in [0, 0.05) is 23.4 Å². The molecule has 0 aliphatic heterocycles. The quantitative estimate of drug-likeness (QED) is 0.906.